The van der Waals surface area contributed by atoms with Gasteiger partial charge in [-0.2, -0.15) is 13.2 Å². The van der Waals surface area contributed by atoms with Crippen LogP contribution in [0.2, 0.25) is 5.02 Å². The summed E-state index contributed by atoms with van der Waals surface area (Å²) in [5.41, 5.74) is -1.10. The van der Waals surface area contributed by atoms with Crippen molar-refractivity contribution in [2.24, 2.45) is 0 Å². The number of Topliss-reactive ketones (excluding diaryl/α,β-unsaturated/α-hetero) is 1. The topological polar surface area (TPSA) is 44.8 Å². The van der Waals surface area contributed by atoms with E-state index in [1.165, 1.54) is 24.3 Å². The van der Waals surface area contributed by atoms with Crippen LogP contribution in [-0.2, 0) is 27.9 Å². The largest absolute Gasteiger partial charge is 0.453 e. The van der Waals surface area contributed by atoms with Gasteiger partial charge in [-0.1, -0.05) is 60.1 Å². The van der Waals surface area contributed by atoms with Crippen molar-refractivity contribution in [3.8, 4) is 5.75 Å². The normalized spacial score (nSPS) is 23.4. The number of rotatable bonds is 5. The molecular formula is C28H22ClF3O4. The van der Waals surface area contributed by atoms with Crippen LogP contribution in [0.4, 0.5) is 13.2 Å². The van der Waals surface area contributed by atoms with Gasteiger partial charge in [0.2, 0.25) is 11.4 Å². The van der Waals surface area contributed by atoms with Crippen LogP contribution in [-0.4, -0.2) is 24.6 Å². The molecule has 2 aliphatic rings. The van der Waals surface area contributed by atoms with Gasteiger partial charge in [0, 0.05) is 10.6 Å². The summed E-state index contributed by atoms with van der Waals surface area (Å²) in [7, 11) is 0. The van der Waals surface area contributed by atoms with E-state index < -0.39 is 28.9 Å². The molecule has 2 heterocycles. The van der Waals surface area contributed by atoms with E-state index in [0.29, 0.717) is 17.0 Å². The van der Waals surface area contributed by atoms with Gasteiger partial charge in [-0.3, -0.25) is 4.79 Å². The highest BCUT2D eigenvalue weighted by atomic mass is 35.5. The molecule has 0 radical (unpaired) electrons. The molecule has 4 nitrogen and oxygen atoms in total. The molecule has 8 heteroatoms. The fourth-order valence-corrected chi connectivity index (χ4v) is 4.99. The molecule has 0 aliphatic carbocycles. The molecule has 3 aromatic rings. The molecule has 2 atom stereocenters. The number of ether oxygens (including phenoxy) is 3. The highest BCUT2D eigenvalue weighted by Crippen LogP contribution is 2.54. The van der Waals surface area contributed by atoms with Gasteiger partial charge in [0.05, 0.1) is 24.3 Å². The molecule has 0 amide bonds. The van der Waals surface area contributed by atoms with Gasteiger partial charge < -0.3 is 14.2 Å². The van der Waals surface area contributed by atoms with Crippen LogP contribution in [0.1, 0.15) is 34.0 Å². The maximum atomic E-state index is 14.1. The van der Waals surface area contributed by atoms with Crippen LogP contribution in [0.15, 0.2) is 84.4 Å². The number of hydrogen-bond acceptors (Lipinski definition) is 4. The highest BCUT2D eigenvalue weighted by Gasteiger charge is 2.68. The van der Waals surface area contributed by atoms with Gasteiger partial charge in [-0.15, -0.1) is 0 Å². The summed E-state index contributed by atoms with van der Waals surface area (Å²) in [6.45, 7) is 1.81. The van der Waals surface area contributed by atoms with Crippen molar-refractivity contribution in [2.75, 3.05) is 13.2 Å². The number of fused-ring (bicyclic) bond motifs is 1. The molecule has 5 rings (SSSR count). The van der Waals surface area contributed by atoms with Gasteiger partial charge in [-0.05, 0) is 54.8 Å². The second-order valence-corrected chi connectivity index (χ2v) is 9.17. The van der Waals surface area contributed by atoms with E-state index in [2.05, 4.69) is 0 Å². The van der Waals surface area contributed by atoms with Crippen molar-refractivity contribution in [1.82, 2.24) is 0 Å². The smallest absolute Gasteiger partial charge is 0.416 e. The van der Waals surface area contributed by atoms with Crippen LogP contribution in [0.5, 0.6) is 5.75 Å². The van der Waals surface area contributed by atoms with E-state index >= 15 is 0 Å². The Morgan fingerprint density at radius 3 is 2.50 bits per heavy atom. The third-order valence-electron chi connectivity index (χ3n) is 6.58. The first-order valence-corrected chi connectivity index (χ1v) is 11.8. The van der Waals surface area contributed by atoms with Gasteiger partial charge in [0.15, 0.2) is 0 Å². The van der Waals surface area contributed by atoms with Crippen LogP contribution >= 0.6 is 11.6 Å². The van der Waals surface area contributed by atoms with Crippen molar-refractivity contribution in [3.05, 3.63) is 112 Å². The minimum atomic E-state index is -4.61. The number of hydrogen-bond donors (Lipinski definition) is 0. The van der Waals surface area contributed by atoms with Gasteiger partial charge >= 0.3 is 6.18 Å². The zero-order chi connectivity index (χ0) is 25.6. The van der Waals surface area contributed by atoms with Gasteiger partial charge in [0.1, 0.15) is 5.75 Å². The number of carbonyl (C=O) groups excluding carboxylic acids is 1. The Kier molecular flexibility index (Phi) is 6.19. The quantitative estimate of drug-likeness (QED) is 0.353. The summed E-state index contributed by atoms with van der Waals surface area (Å²) in [5, 5.41) is 0.317. The maximum Gasteiger partial charge on any atom is 0.416 e. The van der Waals surface area contributed by atoms with Crippen LogP contribution in [0, 0.1) is 0 Å². The minimum absolute atomic E-state index is 0.0222. The average molecular weight is 515 g/mol. The number of alkyl halides is 3. The fourth-order valence-electron chi connectivity index (χ4n) is 4.82. The molecule has 0 fully saturated rings. The van der Waals surface area contributed by atoms with Crippen molar-refractivity contribution in [1.29, 1.82) is 0 Å². The lowest BCUT2D eigenvalue weighted by atomic mass is 9.74. The lowest BCUT2D eigenvalue weighted by Crippen LogP contribution is -2.65. The number of carbonyl (C=O) groups is 1. The number of ketones is 1. The summed E-state index contributed by atoms with van der Waals surface area (Å²) < 4.78 is 60.1. The Labute approximate surface area is 211 Å². The zero-order valence-electron chi connectivity index (χ0n) is 19.3. The van der Waals surface area contributed by atoms with Gasteiger partial charge in [0.25, 0.3) is 5.79 Å². The molecule has 36 heavy (non-hydrogen) atoms. The zero-order valence-corrected chi connectivity index (χ0v) is 20.0. The molecule has 0 saturated heterocycles. The monoisotopic (exact) mass is 514 g/mol. The maximum absolute atomic E-state index is 14.1. The molecule has 2 unspecified atom stereocenters. The van der Waals surface area contributed by atoms with Crippen molar-refractivity contribution in [3.63, 3.8) is 0 Å². The molecule has 1 spiro atoms. The Balaban J connectivity index is 1.70. The Bertz CT molecular complexity index is 1340. The minimum Gasteiger partial charge on any atom is -0.453 e. The molecule has 0 bridgehead atoms. The van der Waals surface area contributed by atoms with E-state index in [9.17, 15) is 18.0 Å². The SMILES string of the molecule is CC1=CCOC12C(=O)c1cc(Cl)ccc1OC2(OCCc1ccccc1)c1cccc(C(F)(F)F)c1. The predicted octanol–water partition coefficient (Wildman–Crippen LogP) is 6.76. The van der Waals surface area contributed by atoms with E-state index in [1.807, 2.05) is 30.3 Å². The number of halogens is 4. The summed E-state index contributed by atoms with van der Waals surface area (Å²) in [6.07, 6.45) is -2.47. The lowest BCUT2D eigenvalue weighted by molar-refractivity contribution is -0.273. The Morgan fingerprint density at radius 1 is 1.03 bits per heavy atom. The summed E-state index contributed by atoms with van der Waals surface area (Å²) in [5.74, 6) is -2.36. The van der Waals surface area contributed by atoms with Crippen LogP contribution < -0.4 is 4.74 Å². The fraction of sp³-hybridized carbons (Fsp3) is 0.250. The highest BCUT2D eigenvalue weighted by molar-refractivity contribution is 6.31. The lowest BCUT2D eigenvalue weighted by Gasteiger charge is -2.50. The first-order chi connectivity index (χ1) is 17.2. The second-order valence-electron chi connectivity index (χ2n) is 8.73. The van der Waals surface area contributed by atoms with Crippen LogP contribution in [0.25, 0.3) is 0 Å². The Hall–Kier alpha value is -3.13. The third kappa shape index (κ3) is 3.92. The van der Waals surface area contributed by atoms with Crippen LogP contribution in [0.3, 0.4) is 0 Å². The summed E-state index contributed by atoms with van der Waals surface area (Å²) in [6, 6.07) is 18.7. The van der Waals surface area contributed by atoms with Crippen molar-refractivity contribution < 1.29 is 32.2 Å². The Morgan fingerprint density at radius 2 is 1.81 bits per heavy atom. The summed E-state index contributed by atoms with van der Waals surface area (Å²) in [4.78, 5) is 14.1. The first-order valence-electron chi connectivity index (χ1n) is 11.4. The second kappa shape index (κ2) is 9.07. The molecule has 0 saturated carbocycles. The first kappa shape index (κ1) is 24.6. The van der Waals surface area contributed by atoms with Crippen molar-refractivity contribution in [2.45, 2.75) is 30.9 Å². The molecule has 0 aromatic heterocycles. The predicted molar refractivity (Wildman–Crippen MR) is 128 cm³/mol. The molecule has 0 N–H and O–H groups in total. The van der Waals surface area contributed by atoms with Gasteiger partial charge in [-0.25, -0.2) is 0 Å². The summed E-state index contributed by atoms with van der Waals surface area (Å²) >= 11 is 6.16. The number of benzene rings is 3. The molecular weight excluding hydrogens is 493 g/mol. The molecule has 186 valence electrons. The van der Waals surface area contributed by atoms with E-state index in [-0.39, 0.29) is 30.1 Å². The van der Waals surface area contributed by atoms with Crippen molar-refractivity contribution >= 4 is 17.4 Å². The van der Waals surface area contributed by atoms with E-state index in [0.717, 1.165) is 17.7 Å². The molecule has 3 aromatic carbocycles. The standard InChI is InChI=1S/C28H22ClF3O4/c1-18-12-14-34-26(18)25(33)23-17-22(29)10-11-24(23)36-27(26,35-15-13-19-6-3-2-4-7-19)20-8-5-9-21(16-20)28(30,31)32/h2-12,16-17H,13-15H2,1H3. The average Bonchev–Trinajstić information content (AvgIpc) is 3.25. The molecule has 2 aliphatic heterocycles. The van der Waals surface area contributed by atoms with E-state index in [4.69, 9.17) is 25.8 Å². The van der Waals surface area contributed by atoms with E-state index in [1.54, 1.807) is 19.1 Å². The third-order valence-corrected chi connectivity index (χ3v) is 6.81.